The number of hydrogen-bond acceptors (Lipinski definition) is 4. The van der Waals surface area contributed by atoms with Gasteiger partial charge in [-0.25, -0.2) is 0 Å². The molecule has 1 saturated heterocycles. The van der Waals surface area contributed by atoms with E-state index in [-0.39, 0.29) is 5.91 Å². The van der Waals surface area contributed by atoms with Crippen molar-refractivity contribution in [2.24, 2.45) is 0 Å². The monoisotopic (exact) mass is 340 g/mol. The number of carbonyl (C=O) groups excluding carboxylic acids is 1. The summed E-state index contributed by atoms with van der Waals surface area (Å²) in [6.07, 6.45) is 1.76. The summed E-state index contributed by atoms with van der Waals surface area (Å²) < 4.78 is 10.3. The van der Waals surface area contributed by atoms with Gasteiger partial charge in [-0.05, 0) is 60.3 Å². The molecule has 0 radical (unpaired) electrons. The highest BCUT2D eigenvalue weighted by Crippen LogP contribution is 2.25. The number of carbonyl (C=O) groups is 1. The zero-order valence-electron chi connectivity index (χ0n) is 13.3. The predicted octanol–water partition coefficient (Wildman–Crippen LogP) is 2.97. The molecule has 1 amide bonds. The Balaban J connectivity index is 1.85. The van der Waals surface area contributed by atoms with Crippen LogP contribution in [0.4, 0.5) is 5.69 Å². The maximum atomic E-state index is 12.7. The van der Waals surface area contributed by atoms with Crippen molar-refractivity contribution in [3.63, 3.8) is 0 Å². The Morgan fingerprint density at radius 2 is 1.50 bits per heavy atom. The average Bonchev–Trinajstić information content (AvgIpc) is 2.89. The van der Waals surface area contributed by atoms with Crippen LogP contribution in [0.5, 0.6) is 11.5 Å². The number of thiocarbonyl (C=S) groups is 1. The smallest absolute Gasteiger partial charge is 0.281 e. The van der Waals surface area contributed by atoms with Crippen molar-refractivity contribution >= 4 is 35.0 Å². The van der Waals surface area contributed by atoms with Crippen LogP contribution in [0.3, 0.4) is 0 Å². The summed E-state index contributed by atoms with van der Waals surface area (Å²) in [7, 11) is 3.21. The Morgan fingerprint density at radius 3 is 2.04 bits per heavy atom. The third-order valence-electron chi connectivity index (χ3n) is 3.64. The van der Waals surface area contributed by atoms with E-state index >= 15 is 0 Å². The molecule has 6 heteroatoms. The minimum Gasteiger partial charge on any atom is -0.497 e. The molecule has 1 aliphatic heterocycles. The van der Waals surface area contributed by atoms with Crippen molar-refractivity contribution in [2.45, 2.75) is 0 Å². The largest absolute Gasteiger partial charge is 0.497 e. The highest BCUT2D eigenvalue weighted by molar-refractivity contribution is 7.80. The number of hydrogen-bond donors (Lipinski definition) is 1. The molecular formula is C18H16N2O3S. The molecule has 2 aromatic carbocycles. The minimum atomic E-state index is -0.194. The summed E-state index contributed by atoms with van der Waals surface area (Å²) in [4.78, 5) is 14.1. The van der Waals surface area contributed by atoms with Gasteiger partial charge in [0.25, 0.3) is 5.91 Å². The highest BCUT2D eigenvalue weighted by atomic mass is 32.1. The minimum absolute atomic E-state index is 0.194. The molecule has 1 heterocycles. The maximum absolute atomic E-state index is 12.7. The van der Waals surface area contributed by atoms with Gasteiger partial charge in [-0.3, -0.25) is 9.69 Å². The van der Waals surface area contributed by atoms with Crippen LogP contribution >= 0.6 is 12.2 Å². The van der Waals surface area contributed by atoms with Crippen LogP contribution < -0.4 is 19.7 Å². The van der Waals surface area contributed by atoms with Crippen molar-refractivity contribution in [1.29, 1.82) is 0 Å². The molecule has 1 fully saturated rings. The maximum Gasteiger partial charge on any atom is 0.281 e. The predicted molar refractivity (Wildman–Crippen MR) is 97.2 cm³/mol. The molecule has 0 aliphatic carbocycles. The molecule has 1 aliphatic rings. The Kier molecular flexibility index (Phi) is 4.48. The highest BCUT2D eigenvalue weighted by Gasteiger charge is 2.31. The first kappa shape index (κ1) is 16.0. The van der Waals surface area contributed by atoms with Gasteiger partial charge in [0.05, 0.1) is 19.9 Å². The molecule has 5 nitrogen and oxygen atoms in total. The number of rotatable bonds is 4. The lowest BCUT2D eigenvalue weighted by Gasteiger charge is -2.14. The summed E-state index contributed by atoms with van der Waals surface area (Å²) >= 11 is 5.30. The van der Waals surface area contributed by atoms with Gasteiger partial charge in [-0.1, -0.05) is 12.1 Å². The van der Waals surface area contributed by atoms with Gasteiger partial charge in [-0.2, -0.15) is 0 Å². The molecule has 1 N–H and O–H groups in total. The van der Waals surface area contributed by atoms with E-state index in [0.717, 1.165) is 17.1 Å². The molecule has 0 spiro atoms. The summed E-state index contributed by atoms with van der Waals surface area (Å²) in [5.74, 6) is 1.29. The SMILES string of the molecule is COc1ccc(/C=C2/NC(=S)N(c3ccc(OC)cc3)C2=O)cc1. The van der Waals surface area contributed by atoms with Crippen LogP contribution in [0.15, 0.2) is 54.2 Å². The van der Waals surface area contributed by atoms with Crippen molar-refractivity contribution in [2.75, 3.05) is 19.1 Å². The molecule has 0 unspecified atom stereocenters. The number of anilines is 1. The first-order valence-electron chi connectivity index (χ1n) is 7.27. The zero-order chi connectivity index (χ0) is 17.1. The second-order valence-corrected chi connectivity index (χ2v) is 5.49. The van der Waals surface area contributed by atoms with Crippen LogP contribution in [0.25, 0.3) is 6.08 Å². The van der Waals surface area contributed by atoms with Crippen molar-refractivity contribution < 1.29 is 14.3 Å². The lowest BCUT2D eigenvalue weighted by Crippen LogP contribution is -2.30. The third kappa shape index (κ3) is 3.09. The number of methoxy groups -OCH3 is 2. The number of nitrogens with zero attached hydrogens (tertiary/aromatic N) is 1. The molecule has 0 atom stereocenters. The van der Waals surface area contributed by atoms with Crippen LogP contribution in [-0.2, 0) is 4.79 Å². The molecule has 122 valence electrons. The second kappa shape index (κ2) is 6.72. The third-order valence-corrected chi connectivity index (χ3v) is 3.92. The Bertz CT molecular complexity index is 798. The molecule has 0 aromatic heterocycles. The van der Waals surface area contributed by atoms with Crippen LogP contribution in [0.1, 0.15) is 5.56 Å². The quantitative estimate of drug-likeness (QED) is 0.685. The zero-order valence-corrected chi connectivity index (χ0v) is 14.1. The standard InChI is InChI=1S/C18H16N2O3S/c1-22-14-7-3-12(4-8-14)11-16-17(21)20(18(24)19-16)13-5-9-15(23-2)10-6-13/h3-11H,1-2H3,(H,19,24)/b16-11+. The van der Waals surface area contributed by atoms with Gasteiger partial charge >= 0.3 is 0 Å². The molecular weight excluding hydrogens is 324 g/mol. The van der Waals surface area contributed by atoms with E-state index in [1.165, 1.54) is 4.90 Å². The van der Waals surface area contributed by atoms with Gasteiger partial charge in [0, 0.05) is 0 Å². The van der Waals surface area contributed by atoms with Crippen LogP contribution in [-0.4, -0.2) is 25.2 Å². The van der Waals surface area contributed by atoms with Crippen LogP contribution in [0.2, 0.25) is 0 Å². The molecule has 24 heavy (non-hydrogen) atoms. The first-order valence-corrected chi connectivity index (χ1v) is 7.68. The Labute approximate surface area is 145 Å². The van der Waals surface area contributed by atoms with E-state index in [9.17, 15) is 4.79 Å². The van der Waals surface area contributed by atoms with E-state index < -0.39 is 0 Å². The van der Waals surface area contributed by atoms with Crippen molar-refractivity contribution in [1.82, 2.24) is 5.32 Å². The van der Waals surface area contributed by atoms with E-state index in [4.69, 9.17) is 21.7 Å². The number of amides is 1. The normalized spacial score (nSPS) is 15.6. The van der Waals surface area contributed by atoms with Gasteiger partial charge in [0.1, 0.15) is 17.2 Å². The lowest BCUT2D eigenvalue weighted by molar-refractivity contribution is -0.113. The molecule has 0 bridgehead atoms. The topological polar surface area (TPSA) is 50.8 Å². The number of nitrogens with one attached hydrogen (secondary N) is 1. The lowest BCUT2D eigenvalue weighted by atomic mass is 10.2. The number of ether oxygens (including phenoxy) is 2. The van der Waals surface area contributed by atoms with Gasteiger partial charge in [0.2, 0.25) is 0 Å². The van der Waals surface area contributed by atoms with Crippen molar-refractivity contribution in [3.8, 4) is 11.5 Å². The molecule has 2 aromatic rings. The van der Waals surface area contributed by atoms with Gasteiger partial charge in [-0.15, -0.1) is 0 Å². The van der Waals surface area contributed by atoms with Crippen molar-refractivity contribution in [3.05, 3.63) is 59.8 Å². The Morgan fingerprint density at radius 1 is 0.958 bits per heavy atom. The second-order valence-electron chi connectivity index (χ2n) is 5.10. The fourth-order valence-electron chi connectivity index (χ4n) is 2.37. The van der Waals surface area contributed by atoms with E-state index in [1.807, 2.05) is 24.3 Å². The van der Waals surface area contributed by atoms with Gasteiger partial charge in [0.15, 0.2) is 5.11 Å². The van der Waals surface area contributed by atoms with E-state index in [2.05, 4.69) is 5.32 Å². The number of benzene rings is 2. The summed E-state index contributed by atoms with van der Waals surface area (Å²) in [5.41, 5.74) is 2.00. The summed E-state index contributed by atoms with van der Waals surface area (Å²) in [6, 6.07) is 14.6. The first-order chi connectivity index (χ1) is 11.6. The fraction of sp³-hybridized carbons (Fsp3) is 0.111. The Hall–Kier alpha value is -2.86. The fourth-order valence-corrected chi connectivity index (χ4v) is 2.67. The van der Waals surface area contributed by atoms with Gasteiger partial charge < -0.3 is 14.8 Å². The van der Waals surface area contributed by atoms with Crippen LogP contribution in [0, 0.1) is 0 Å². The summed E-state index contributed by atoms with van der Waals surface area (Å²) in [5, 5.41) is 3.32. The molecule has 3 rings (SSSR count). The van der Waals surface area contributed by atoms with E-state index in [1.54, 1.807) is 44.6 Å². The summed E-state index contributed by atoms with van der Waals surface area (Å²) in [6.45, 7) is 0. The molecule has 0 saturated carbocycles. The van der Waals surface area contributed by atoms with E-state index in [0.29, 0.717) is 16.5 Å². The average molecular weight is 340 g/mol.